The van der Waals surface area contributed by atoms with E-state index in [0.29, 0.717) is 32.8 Å². The number of methoxy groups -OCH3 is 1. The maximum atomic E-state index is 11.7. The number of piperazine rings is 1. The van der Waals surface area contributed by atoms with Crippen LogP contribution in [0, 0.1) is 10.1 Å². The number of nitro groups is 1. The third kappa shape index (κ3) is 3.38. The van der Waals surface area contributed by atoms with Crippen molar-refractivity contribution in [3.05, 3.63) is 28.3 Å². The predicted molar refractivity (Wildman–Crippen MR) is 80.5 cm³/mol. The molecular formula is C14H19N3O5. The molecule has 1 aliphatic rings. The van der Waals surface area contributed by atoms with Crippen LogP contribution >= 0.6 is 0 Å². The van der Waals surface area contributed by atoms with Crippen molar-refractivity contribution in [2.45, 2.75) is 6.92 Å². The maximum Gasteiger partial charge on any atom is 0.409 e. The van der Waals surface area contributed by atoms with Gasteiger partial charge < -0.3 is 19.3 Å². The average molecular weight is 309 g/mol. The number of carbonyl (C=O) groups excluding carboxylic acids is 1. The lowest BCUT2D eigenvalue weighted by atomic mass is 10.2. The summed E-state index contributed by atoms with van der Waals surface area (Å²) in [6.07, 6.45) is -0.302. The van der Waals surface area contributed by atoms with Crippen LogP contribution in [0.3, 0.4) is 0 Å². The van der Waals surface area contributed by atoms with Crippen LogP contribution in [0.2, 0.25) is 0 Å². The molecule has 120 valence electrons. The first kappa shape index (κ1) is 15.9. The normalized spacial score (nSPS) is 14.6. The zero-order chi connectivity index (χ0) is 16.1. The molecule has 8 nitrogen and oxygen atoms in total. The van der Waals surface area contributed by atoms with Crippen LogP contribution in [0.25, 0.3) is 0 Å². The Morgan fingerprint density at radius 3 is 2.55 bits per heavy atom. The van der Waals surface area contributed by atoms with Crippen molar-refractivity contribution in [3.63, 3.8) is 0 Å². The summed E-state index contributed by atoms with van der Waals surface area (Å²) in [5.41, 5.74) is 0.780. The smallest absolute Gasteiger partial charge is 0.409 e. The fraction of sp³-hybridized carbons (Fsp3) is 0.500. The van der Waals surface area contributed by atoms with Crippen LogP contribution in [0.4, 0.5) is 16.2 Å². The van der Waals surface area contributed by atoms with Gasteiger partial charge >= 0.3 is 11.8 Å². The molecule has 0 radical (unpaired) electrons. The number of rotatable bonds is 4. The topological polar surface area (TPSA) is 85.2 Å². The van der Waals surface area contributed by atoms with Crippen molar-refractivity contribution < 1.29 is 19.2 Å². The molecule has 0 bridgehead atoms. The Kier molecular flexibility index (Phi) is 5.03. The molecule has 1 amide bonds. The van der Waals surface area contributed by atoms with Crippen LogP contribution in [0.15, 0.2) is 18.2 Å². The van der Waals surface area contributed by atoms with Gasteiger partial charge in [-0.15, -0.1) is 0 Å². The van der Waals surface area contributed by atoms with E-state index in [1.165, 1.54) is 13.2 Å². The molecule has 0 spiro atoms. The summed E-state index contributed by atoms with van der Waals surface area (Å²) in [4.78, 5) is 25.8. The fourth-order valence-corrected chi connectivity index (χ4v) is 2.38. The minimum absolute atomic E-state index is 0.0589. The second kappa shape index (κ2) is 6.97. The monoisotopic (exact) mass is 309 g/mol. The zero-order valence-electron chi connectivity index (χ0n) is 12.7. The Bertz CT molecular complexity index is 555. The van der Waals surface area contributed by atoms with E-state index in [0.717, 1.165) is 5.69 Å². The molecule has 1 aromatic rings. The van der Waals surface area contributed by atoms with Crippen molar-refractivity contribution >= 4 is 17.5 Å². The standard InChI is InChI=1S/C14H19N3O5/c1-3-22-14(18)16-8-6-15(7-9-16)11-4-5-12(17(19)20)13(10-11)21-2/h4-5,10H,3,6-9H2,1-2H3. The second-order valence-corrected chi connectivity index (χ2v) is 4.79. The number of hydrogen-bond donors (Lipinski definition) is 0. The van der Waals surface area contributed by atoms with E-state index in [9.17, 15) is 14.9 Å². The SMILES string of the molecule is CCOC(=O)N1CCN(c2ccc([N+](=O)[O-])c(OC)c2)CC1. The molecule has 22 heavy (non-hydrogen) atoms. The van der Waals surface area contributed by atoms with E-state index in [2.05, 4.69) is 4.90 Å². The first-order chi connectivity index (χ1) is 10.6. The van der Waals surface area contributed by atoms with Crippen molar-refractivity contribution in [2.75, 3.05) is 44.8 Å². The molecule has 1 heterocycles. The summed E-state index contributed by atoms with van der Waals surface area (Å²) < 4.78 is 10.1. The van der Waals surface area contributed by atoms with Crippen LogP contribution in [-0.4, -0.2) is 55.8 Å². The van der Waals surface area contributed by atoms with E-state index in [4.69, 9.17) is 9.47 Å². The number of nitro benzene ring substituents is 1. The highest BCUT2D eigenvalue weighted by atomic mass is 16.6. The van der Waals surface area contributed by atoms with Crippen LogP contribution in [-0.2, 0) is 4.74 Å². The molecule has 0 N–H and O–H groups in total. The van der Waals surface area contributed by atoms with Crippen molar-refractivity contribution in [1.29, 1.82) is 0 Å². The van der Waals surface area contributed by atoms with Gasteiger partial charge in [-0.1, -0.05) is 0 Å². The van der Waals surface area contributed by atoms with Gasteiger partial charge in [0.25, 0.3) is 0 Å². The number of anilines is 1. The first-order valence-electron chi connectivity index (χ1n) is 7.06. The summed E-state index contributed by atoms with van der Waals surface area (Å²) in [6.45, 7) is 4.52. The third-order valence-electron chi connectivity index (χ3n) is 3.53. The molecule has 1 aromatic carbocycles. The van der Waals surface area contributed by atoms with E-state index in [1.54, 1.807) is 24.0 Å². The zero-order valence-corrected chi connectivity index (χ0v) is 12.7. The lowest BCUT2D eigenvalue weighted by Gasteiger charge is -2.35. The van der Waals surface area contributed by atoms with E-state index < -0.39 is 4.92 Å². The molecule has 8 heteroatoms. The Morgan fingerprint density at radius 1 is 1.32 bits per heavy atom. The number of amides is 1. The summed E-state index contributed by atoms with van der Waals surface area (Å²) in [6, 6.07) is 4.78. The number of ether oxygens (including phenoxy) is 2. The van der Waals surface area contributed by atoms with E-state index >= 15 is 0 Å². The third-order valence-corrected chi connectivity index (χ3v) is 3.53. The Hall–Kier alpha value is -2.51. The van der Waals surface area contributed by atoms with Crippen molar-refractivity contribution in [3.8, 4) is 5.75 Å². The lowest BCUT2D eigenvalue weighted by molar-refractivity contribution is -0.385. The molecule has 0 saturated carbocycles. The largest absolute Gasteiger partial charge is 0.490 e. The summed E-state index contributed by atoms with van der Waals surface area (Å²) in [5, 5.41) is 10.9. The van der Waals surface area contributed by atoms with Crippen molar-refractivity contribution in [1.82, 2.24) is 4.90 Å². The highest BCUT2D eigenvalue weighted by Gasteiger charge is 2.23. The summed E-state index contributed by atoms with van der Waals surface area (Å²) in [7, 11) is 1.41. The van der Waals surface area contributed by atoms with Gasteiger partial charge in [0, 0.05) is 44.0 Å². The molecular weight excluding hydrogens is 290 g/mol. The van der Waals surface area contributed by atoms with Crippen LogP contribution in [0.5, 0.6) is 5.75 Å². The first-order valence-corrected chi connectivity index (χ1v) is 7.06. The second-order valence-electron chi connectivity index (χ2n) is 4.79. The number of nitrogens with zero attached hydrogens (tertiary/aromatic N) is 3. The Balaban J connectivity index is 2.05. The molecule has 1 fully saturated rings. The minimum atomic E-state index is -0.471. The van der Waals surface area contributed by atoms with Gasteiger partial charge in [-0.25, -0.2) is 4.79 Å². The van der Waals surface area contributed by atoms with Gasteiger partial charge in [-0.2, -0.15) is 0 Å². The van der Waals surface area contributed by atoms with E-state index in [1.807, 2.05) is 0 Å². The molecule has 0 unspecified atom stereocenters. The number of hydrogen-bond acceptors (Lipinski definition) is 6. The van der Waals surface area contributed by atoms with Gasteiger partial charge in [0.1, 0.15) is 0 Å². The number of benzene rings is 1. The highest BCUT2D eigenvalue weighted by Crippen LogP contribution is 2.31. The fourth-order valence-electron chi connectivity index (χ4n) is 2.38. The average Bonchev–Trinajstić information content (AvgIpc) is 2.54. The predicted octanol–water partition coefficient (Wildman–Crippen LogP) is 1.88. The van der Waals surface area contributed by atoms with Gasteiger partial charge in [0.2, 0.25) is 0 Å². The molecule has 0 aliphatic carbocycles. The van der Waals surface area contributed by atoms with Gasteiger partial charge in [-0.3, -0.25) is 10.1 Å². The summed E-state index contributed by atoms with van der Waals surface area (Å²) in [5.74, 6) is 0.232. The van der Waals surface area contributed by atoms with Crippen molar-refractivity contribution in [2.24, 2.45) is 0 Å². The number of carbonyl (C=O) groups is 1. The quantitative estimate of drug-likeness (QED) is 0.623. The Morgan fingerprint density at radius 2 is 2.00 bits per heavy atom. The van der Waals surface area contributed by atoms with Gasteiger partial charge in [0.15, 0.2) is 5.75 Å². The highest BCUT2D eigenvalue weighted by molar-refractivity contribution is 5.68. The molecule has 0 atom stereocenters. The Labute approximate surface area is 128 Å². The van der Waals surface area contributed by atoms with E-state index in [-0.39, 0.29) is 17.5 Å². The minimum Gasteiger partial charge on any atom is -0.490 e. The summed E-state index contributed by atoms with van der Waals surface area (Å²) >= 11 is 0. The maximum absolute atomic E-state index is 11.7. The molecule has 1 aliphatic heterocycles. The molecule has 2 rings (SSSR count). The lowest BCUT2D eigenvalue weighted by Crippen LogP contribution is -2.49. The van der Waals surface area contributed by atoms with Crippen LogP contribution in [0.1, 0.15) is 6.92 Å². The van der Waals surface area contributed by atoms with Crippen LogP contribution < -0.4 is 9.64 Å². The molecule has 1 saturated heterocycles. The molecule has 0 aromatic heterocycles. The van der Waals surface area contributed by atoms with Gasteiger partial charge in [0.05, 0.1) is 18.6 Å². The van der Waals surface area contributed by atoms with Gasteiger partial charge in [-0.05, 0) is 13.0 Å².